The Morgan fingerprint density at radius 3 is 2.75 bits per heavy atom. The highest BCUT2D eigenvalue weighted by Crippen LogP contribution is 2.23. The van der Waals surface area contributed by atoms with Gasteiger partial charge in [-0.2, -0.15) is 0 Å². The van der Waals surface area contributed by atoms with E-state index in [0.717, 1.165) is 0 Å². The van der Waals surface area contributed by atoms with E-state index in [0.29, 0.717) is 6.42 Å². The molecule has 0 saturated carbocycles. The minimum absolute atomic E-state index is 0. The van der Waals surface area contributed by atoms with E-state index >= 15 is 0 Å². The van der Waals surface area contributed by atoms with Crippen LogP contribution < -0.4 is 5.73 Å². The van der Waals surface area contributed by atoms with Gasteiger partial charge in [-0.05, 0) is 30.4 Å². The Labute approximate surface area is 82.8 Å². The van der Waals surface area contributed by atoms with E-state index in [2.05, 4.69) is 6.07 Å². The Morgan fingerprint density at radius 1 is 1.67 bits per heavy atom. The molecule has 0 radical (unpaired) electrons. The number of aliphatic hydroxyl groups excluding tert-OH is 1. The average molecular weight is 208 g/mol. The second kappa shape index (κ2) is 5.54. The van der Waals surface area contributed by atoms with Crippen molar-refractivity contribution in [1.29, 1.82) is 0 Å². The normalized spacial score (nSPS) is 12.2. The summed E-state index contributed by atoms with van der Waals surface area (Å²) in [6.07, 6.45) is 0.654. The molecule has 0 fully saturated rings. The van der Waals surface area contributed by atoms with Gasteiger partial charge >= 0.3 is 0 Å². The lowest BCUT2D eigenvalue weighted by Crippen LogP contribution is -2.11. The Hall–Kier alpha value is -0.0900. The van der Waals surface area contributed by atoms with Gasteiger partial charge in [-0.1, -0.05) is 0 Å². The molecule has 0 amide bonds. The van der Waals surface area contributed by atoms with E-state index < -0.39 is 0 Å². The van der Waals surface area contributed by atoms with Crippen LogP contribution in [0.3, 0.4) is 0 Å². The molecule has 1 aromatic rings. The van der Waals surface area contributed by atoms with Crippen molar-refractivity contribution in [2.24, 2.45) is 5.73 Å². The summed E-state index contributed by atoms with van der Waals surface area (Å²) in [5, 5.41) is 10.7. The highest BCUT2D eigenvalue weighted by molar-refractivity contribution is 7.10. The molecular formula is C8H14ClNOS. The summed E-state index contributed by atoms with van der Waals surface area (Å²) in [7, 11) is 0. The molecule has 1 rings (SSSR count). The fourth-order valence-electron chi connectivity index (χ4n) is 1.03. The van der Waals surface area contributed by atoms with Crippen LogP contribution in [-0.2, 0) is 0 Å². The highest BCUT2D eigenvalue weighted by atomic mass is 35.5. The van der Waals surface area contributed by atoms with E-state index in [1.165, 1.54) is 10.4 Å². The monoisotopic (exact) mass is 207 g/mol. The van der Waals surface area contributed by atoms with Crippen molar-refractivity contribution >= 4 is 23.7 Å². The van der Waals surface area contributed by atoms with E-state index in [-0.39, 0.29) is 25.1 Å². The number of rotatable bonds is 3. The molecule has 12 heavy (non-hydrogen) atoms. The minimum Gasteiger partial charge on any atom is -0.396 e. The number of halogens is 1. The van der Waals surface area contributed by atoms with Crippen LogP contribution in [0.4, 0.5) is 0 Å². The average Bonchev–Trinajstić information content (AvgIpc) is 2.36. The van der Waals surface area contributed by atoms with Crippen LogP contribution in [0, 0.1) is 6.92 Å². The zero-order valence-corrected chi connectivity index (χ0v) is 8.62. The number of thiophene rings is 1. The molecule has 1 aromatic heterocycles. The number of hydrogen-bond acceptors (Lipinski definition) is 3. The van der Waals surface area contributed by atoms with Gasteiger partial charge in [0.2, 0.25) is 0 Å². The van der Waals surface area contributed by atoms with Gasteiger partial charge in [0.25, 0.3) is 0 Å². The van der Waals surface area contributed by atoms with Crippen LogP contribution in [0.1, 0.15) is 22.9 Å². The summed E-state index contributed by atoms with van der Waals surface area (Å²) in [5.41, 5.74) is 7.03. The SMILES string of the molecule is Cc1ccsc1C(N)CCO.Cl. The number of aliphatic hydroxyl groups is 1. The maximum atomic E-state index is 8.65. The molecule has 1 atom stereocenters. The topological polar surface area (TPSA) is 46.2 Å². The van der Waals surface area contributed by atoms with E-state index in [1.54, 1.807) is 11.3 Å². The molecule has 0 aliphatic heterocycles. The lowest BCUT2D eigenvalue weighted by molar-refractivity contribution is 0.277. The third-order valence-corrected chi connectivity index (χ3v) is 2.83. The van der Waals surface area contributed by atoms with Gasteiger partial charge in [0.1, 0.15) is 0 Å². The third kappa shape index (κ3) is 2.75. The summed E-state index contributed by atoms with van der Waals surface area (Å²) >= 11 is 1.66. The van der Waals surface area contributed by atoms with Crippen molar-refractivity contribution in [3.8, 4) is 0 Å². The first-order valence-electron chi connectivity index (χ1n) is 3.66. The molecule has 2 nitrogen and oxygen atoms in total. The van der Waals surface area contributed by atoms with Crippen LogP contribution in [0.2, 0.25) is 0 Å². The molecule has 3 N–H and O–H groups in total. The maximum Gasteiger partial charge on any atom is 0.0449 e. The van der Waals surface area contributed by atoms with E-state index in [4.69, 9.17) is 10.8 Å². The Morgan fingerprint density at radius 2 is 2.33 bits per heavy atom. The molecule has 0 aliphatic carbocycles. The summed E-state index contributed by atoms with van der Waals surface area (Å²) in [6.45, 7) is 2.21. The Kier molecular flexibility index (Phi) is 5.50. The van der Waals surface area contributed by atoms with Crippen molar-refractivity contribution in [1.82, 2.24) is 0 Å². The molecule has 0 saturated heterocycles. The van der Waals surface area contributed by atoms with Gasteiger partial charge in [0.05, 0.1) is 0 Å². The standard InChI is InChI=1S/C8H13NOS.ClH/c1-6-3-5-11-8(6)7(9)2-4-10;/h3,5,7,10H,2,4,9H2,1H3;1H. The molecule has 0 bridgehead atoms. The first kappa shape index (κ1) is 11.9. The fraction of sp³-hybridized carbons (Fsp3) is 0.500. The minimum atomic E-state index is 0. The van der Waals surface area contributed by atoms with Gasteiger partial charge in [0.15, 0.2) is 0 Å². The van der Waals surface area contributed by atoms with Crippen LogP contribution >= 0.6 is 23.7 Å². The Bertz CT molecular complexity index is 227. The van der Waals surface area contributed by atoms with Gasteiger partial charge < -0.3 is 10.8 Å². The first-order valence-corrected chi connectivity index (χ1v) is 4.54. The van der Waals surface area contributed by atoms with Crippen molar-refractivity contribution in [2.45, 2.75) is 19.4 Å². The van der Waals surface area contributed by atoms with Crippen LogP contribution in [0.15, 0.2) is 11.4 Å². The fourth-order valence-corrected chi connectivity index (χ4v) is 2.00. The predicted octanol–water partition coefficient (Wildman–Crippen LogP) is 1.86. The Balaban J connectivity index is 0.00000121. The molecule has 1 unspecified atom stereocenters. The lowest BCUT2D eigenvalue weighted by Gasteiger charge is -2.07. The quantitative estimate of drug-likeness (QED) is 0.795. The predicted molar refractivity (Wildman–Crippen MR) is 54.9 cm³/mol. The van der Waals surface area contributed by atoms with Crippen molar-refractivity contribution < 1.29 is 5.11 Å². The van der Waals surface area contributed by atoms with Gasteiger partial charge in [-0.3, -0.25) is 0 Å². The summed E-state index contributed by atoms with van der Waals surface area (Å²) in [4.78, 5) is 1.19. The smallest absolute Gasteiger partial charge is 0.0449 e. The molecule has 4 heteroatoms. The molecule has 0 spiro atoms. The van der Waals surface area contributed by atoms with Gasteiger partial charge in [-0.15, -0.1) is 23.7 Å². The zero-order valence-electron chi connectivity index (χ0n) is 6.99. The third-order valence-electron chi connectivity index (χ3n) is 1.68. The molecule has 70 valence electrons. The zero-order chi connectivity index (χ0) is 8.27. The number of hydrogen-bond donors (Lipinski definition) is 2. The highest BCUT2D eigenvalue weighted by Gasteiger charge is 2.08. The number of nitrogens with two attached hydrogens (primary N) is 1. The van der Waals surface area contributed by atoms with Crippen molar-refractivity contribution in [2.75, 3.05) is 6.61 Å². The molecule has 1 heterocycles. The van der Waals surface area contributed by atoms with Crippen LogP contribution in [-0.4, -0.2) is 11.7 Å². The van der Waals surface area contributed by atoms with Crippen molar-refractivity contribution in [3.63, 3.8) is 0 Å². The second-order valence-corrected chi connectivity index (χ2v) is 3.53. The maximum absolute atomic E-state index is 8.65. The largest absolute Gasteiger partial charge is 0.396 e. The molecule has 0 aliphatic rings. The number of aryl methyl sites for hydroxylation is 1. The van der Waals surface area contributed by atoms with E-state index in [9.17, 15) is 0 Å². The lowest BCUT2D eigenvalue weighted by atomic mass is 10.1. The summed E-state index contributed by atoms with van der Waals surface area (Å²) in [6, 6.07) is 2.07. The van der Waals surface area contributed by atoms with Gasteiger partial charge in [0, 0.05) is 17.5 Å². The first-order chi connectivity index (χ1) is 5.25. The second-order valence-electron chi connectivity index (χ2n) is 2.59. The van der Waals surface area contributed by atoms with E-state index in [1.807, 2.05) is 12.3 Å². The van der Waals surface area contributed by atoms with Gasteiger partial charge in [-0.25, -0.2) is 0 Å². The molecule has 0 aromatic carbocycles. The summed E-state index contributed by atoms with van der Waals surface area (Å²) < 4.78 is 0. The summed E-state index contributed by atoms with van der Waals surface area (Å²) in [5.74, 6) is 0. The van der Waals surface area contributed by atoms with Crippen LogP contribution in [0.25, 0.3) is 0 Å². The van der Waals surface area contributed by atoms with Crippen LogP contribution in [0.5, 0.6) is 0 Å². The van der Waals surface area contributed by atoms with Crippen molar-refractivity contribution in [3.05, 3.63) is 21.9 Å². The molecular weight excluding hydrogens is 194 g/mol.